The van der Waals surface area contributed by atoms with Crippen molar-refractivity contribution in [3.05, 3.63) is 0 Å². The van der Waals surface area contributed by atoms with E-state index in [1.165, 1.54) is 0 Å². The van der Waals surface area contributed by atoms with E-state index >= 15 is 0 Å². The third-order valence-electron chi connectivity index (χ3n) is 5.06. The highest BCUT2D eigenvalue weighted by atomic mass is 16.4. The standard InChI is InChI=1S/C22H43N3O4/c1-5-7-9-11-17(23)14-20(26)25(19(22(28)29)13-16(3)4)21(27)15-18(24)12-10-8-6-2/h16-19H,5-15,23-24H2,1-4H3,(H,28,29)/t17-,18-,19-/m0/s1. The molecule has 0 radical (unpaired) electrons. The third-order valence-corrected chi connectivity index (χ3v) is 5.06. The van der Waals surface area contributed by atoms with Gasteiger partial charge in [0.05, 0.1) is 0 Å². The van der Waals surface area contributed by atoms with Crippen LogP contribution in [0.25, 0.3) is 0 Å². The van der Waals surface area contributed by atoms with Gasteiger partial charge in [0.1, 0.15) is 6.04 Å². The number of hydrogen-bond donors (Lipinski definition) is 3. The predicted octanol–water partition coefficient (Wildman–Crippen LogP) is 3.44. The van der Waals surface area contributed by atoms with E-state index in [0.29, 0.717) is 12.8 Å². The molecule has 0 unspecified atom stereocenters. The summed E-state index contributed by atoms with van der Waals surface area (Å²) in [6, 6.07) is -1.94. The zero-order chi connectivity index (χ0) is 22.4. The van der Waals surface area contributed by atoms with Crippen molar-refractivity contribution in [3.8, 4) is 0 Å². The molecule has 170 valence electrons. The van der Waals surface area contributed by atoms with Gasteiger partial charge in [0.2, 0.25) is 11.8 Å². The maximum absolute atomic E-state index is 12.9. The molecule has 0 aromatic rings. The van der Waals surface area contributed by atoms with Crippen LogP contribution >= 0.6 is 0 Å². The van der Waals surface area contributed by atoms with Gasteiger partial charge in [-0.15, -0.1) is 0 Å². The average Bonchev–Trinajstić information content (AvgIpc) is 2.61. The second kappa shape index (κ2) is 15.4. The molecule has 7 heteroatoms. The monoisotopic (exact) mass is 413 g/mol. The maximum Gasteiger partial charge on any atom is 0.326 e. The lowest BCUT2D eigenvalue weighted by molar-refractivity contribution is -0.159. The number of amides is 2. The number of carbonyl (C=O) groups excluding carboxylic acids is 2. The first-order valence-corrected chi connectivity index (χ1v) is 11.2. The minimum atomic E-state index is -1.18. The van der Waals surface area contributed by atoms with Gasteiger partial charge in [-0.05, 0) is 25.2 Å². The molecule has 7 nitrogen and oxygen atoms in total. The molecule has 5 N–H and O–H groups in total. The Kier molecular flexibility index (Phi) is 14.6. The number of unbranched alkanes of at least 4 members (excludes halogenated alkanes) is 4. The number of nitrogens with two attached hydrogens (primary N) is 2. The van der Waals surface area contributed by atoms with Crippen molar-refractivity contribution < 1.29 is 19.5 Å². The predicted molar refractivity (Wildman–Crippen MR) is 116 cm³/mol. The second-order valence-corrected chi connectivity index (χ2v) is 8.56. The zero-order valence-corrected chi connectivity index (χ0v) is 18.9. The lowest BCUT2D eigenvalue weighted by Gasteiger charge is -2.30. The average molecular weight is 414 g/mol. The minimum Gasteiger partial charge on any atom is -0.480 e. The molecule has 29 heavy (non-hydrogen) atoms. The lowest BCUT2D eigenvalue weighted by atomic mass is 9.99. The van der Waals surface area contributed by atoms with Crippen LogP contribution in [-0.2, 0) is 14.4 Å². The van der Waals surface area contributed by atoms with Crippen molar-refractivity contribution in [1.82, 2.24) is 4.90 Å². The van der Waals surface area contributed by atoms with E-state index in [4.69, 9.17) is 11.5 Å². The topological polar surface area (TPSA) is 127 Å². The molecule has 0 rings (SSSR count). The first-order chi connectivity index (χ1) is 13.6. The molecule has 0 saturated carbocycles. The summed E-state index contributed by atoms with van der Waals surface area (Å²) in [5.74, 6) is -2.16. The van der Waals surface area contributed by atoms with Crippen molar-refractivity contribution >= 4 is 17.8 Å². The zero-order valence-electron chi connectivity index (χ0n) is 18.9. The van der Waals surface area contributed by atoms with Crippen LogP contribution in [0.15, 0.2) is 0 Å². The molecule has 0 bridgehead atoms. The molecule has 0 heterocycles. The van der Waals surface area contributed by atoms with E-state index in [9.17, 15) is 19.5 Å². The van der Waals surface area contributed by atoms with Gasteiger partial charge in [-0.25, -0.2) is 4.79 Å². The van der Waals surface area contributed by atoms with E-state index in [2.05, 4.69) is 13.8 Å². The first-order valence-electron chi connectivity index (χ1n) is 11.2. The fourth-order valence-electron chi connectivity index (χ4n) is 3.41. The summed E-state index contributed by atoms with van der Waals surface area (Å²) in [6.45, 7) is 7.92. The molecular formula is C22H43N3O4. The summed E-state index contributed by atoms with van der Waals surface area (Å²) in [6.07, 6.45) is 7.51. The Bertz CT molecular complexity index is 466. The van der Waals surface area contributed by atoms with E-state index in [-0.39, 0.29) is 37.3 Å². The fraction of sp³-hybridized carbons (Fsp3) is 0.864. The van der Waals surface area contributed by atoms with Gasteiger partial charge < -0.3 is 16.6 Å². The molecule has 0 aromatic carbocycles. The molecule has 0 aliphatic carbocycles. The molecular weight excluding hydrogens is 370 g/mol. The summed E-state index contributed by atoms with van der Waals surface area (Å²) in [5, 5.41) is 9.70. The highest BCUT2D eigenvalue weighted by Crippen LogP contribution is 2.18. The maximum atomic E-state index is 12.9. The molecule has 0 fully saturated rings. The van der Waals surface area contributed by atoms with Crippen LogP contribution < -0.4 is 11.5 Å². The number of carboxylic acids is 1. The lowest BCUT2D eigenvalue weighted by Crippen LogP contribution is -2.51. The Balaban J connectivity index is 5.28. The summed E-state index contributed by atoms with van der Waals surface area (Å²) in [7, 11) is 0. The van der Waals surface area contributed by atoms with E-state index in [0.717, 1.165) is 43.4 Å². The Morgan fingerprint density at radius 1 is 0.828 bits per heavy atom. The Hall–Kier alpha value is -1.47. The van der Waals surface area contributed by atoms with Gasteiger partial charge in [0.25, 0.3) is 0 Å². The Labute approximate surface area is 176 Å². The highest BCUT2D eigenvalue weighted by molar-refractivity contribution is 5.99. The second-order valence-electron chi connectivity index (χ2n) is 8.56. The van der Waals surface area contributed by atoms with Crippen molar-refractivity contribution in [2.24, 2.45) is 17.4 Å². The quantitative estimate of drug-likeness (QED) is 0.333. The number of nitrogens with zero attached hydrogens (tertiary/aromatic N) is 1. The van der Waals surface area contributed by atoms with E-state index in [1.807, 2.05) is 13.8 Å². The smallest absolute Gasteiger partial charge is 0.326 e. The van der Waals surface area contributed by atoms with Gasteiger partial charge >= 0.3 is 5.97 Å². The van der Waals surface area contributed by atoms with E-state index < -0.39 is 23.8 Å². The van der Waals surface area contributed by atoms with Gasteiger partial charge in [-0.3, -0.25) is 14.5 Å². The van der Waals surface area contributed by atoms with E-state index in [1.54, 1.807) is 0 Å². The number of aliphatic carboxylic acids is 1. The van der Waals surface area contributed by atoms with Crippen molar-refractivity contribution in [1.29, 1.82) is 0 Å². The molecule has 0 spiro atoms. The van der Waals surface area contributed by atoms with Gasteiger partial charge in [0, 0.05) is 24.9 Å². The van der Waals surface area contributed by atoms with Gasteiger partial charge in [-0.2, -0.15) is 0 Å². The molecule has 0 saturated heterocycles. The van der Waals surface area contributed by atoms with Crippen LogP contribution in [0.2, 0.25) is 0 Å². The van der Waals surface area contributed by atoms with Crippen molar-refractivity contribution in [2.45, 2.75) is 116 Å². The van der Waals surface area contributed by atoms with Crippen LogP contribution in [0.5, 0.6) is 0 Å². The number of hydrogen-bond acceptors (Lipinski definition) is 5. The molecule has 0 aromatic heterocycles. The van der Waals surface area contributed by atoms with Crippen LogP contribution in [-0.4, -0.2) is 45.9 Å². The summed E-state index contributed by atoms with van der Waals surface area (Å²) in [5.41, 5.74) is 12.2. The molecule has 3 atom stereocenters. The van der Waals surface area contributed by atoms with Crippen LogP contribution in [0.4, 0.5) is 0 Å². The summed E-state index contributed by atoms with van der Waals surface area (Å²) in [4.78, 5) is 38.6. The highest BCUT2D eigenvalue weighted by Gasteiger charge is 2.35. The Morgan fingerprint density at radius 2 is 1.24 bits per heavy atom. The molecule has 0 aliphatic heterocycles. The summed E-state index contributed by atoms with van der Waals surface area (Å²) >= 11 is 0. The molecule has 2 amide bonds. The number of carboxylic acid groups (broad SMARTS) is 1. The normalized spacial score (nSPS) is 14.4. The number of carbonyl (C=O) groups is 3. The number of rotatable bonds is 16. The van der Waals surface area contributed by atoms with Gasteiger partial charge in [-0.1, -0.05) is 66.2 Å². The number of imide groups is 1. The largest absolute Gasteiger partial charge is 0.480 e. The summed E-state index contributed by atoms with van der Waals surface area (Å²) < 4.78 is 0. The van der Waals surface area contributed by atoms with Crippen molar-refractivity contribution in [2.75, 3.05) is 0 Å². The van der Waals surface area contributed by atoms with Crippen molar-refractivity contribution in [3.63, 3.8) is 0 Å². The van der Waals surface area contributed by atoms with Crippen LogP contribution in [0.1, 0.15) is 98.3 Å². The minimum absolute atomic E-state index is 0.0238. The van der Waals surface area contributed by atoms with Gasteiger partial charge in [0.15, 0.2) is 0 Å². The fourth-order valence-corrected chi connectivity index (χ4v) is 3.41. The molecule has 0 aliphatic rings. The SMILES string of the molecule is CCCCC[C@H](N)CC(=O)N(C(=O)C[C@@H](N)CCCCC)[C@@H](CC(C)C)C(=O)O. The van der Waals surface area contributed by atoms with Crippen LogP contribution in [0, 0.1) is 5.92 Å². The third kappa shape index (κ3) is 12.0. The first kappa shape index (κ1) is 27.5. The van der Waals surface area contributed by atoms with Crippen LogP contribution in [0.3, 0.4) is 0 Å². The Morgan fingerprint density at radius 3 is 1.55 bits per heavy atom.